The summed E-state index contributed by atoms with van der Waals surface area (Å²) in [4.78, 5) is 19.3. The van der Waals surface area contributed by atoms with Crippen LogP contribution < -0.4 is 0 Å². The number of nitrogens with zero attached hydrogens (tertiary/aromatic N) is 2. The molecule has 0 aliphatic heterocycles. The highest BCUT2D eigenvalue weighted by molar-refractivity contribution is 7.97. The fourth-order valence-corrected chi connectivity index (χ4v) is 1.36. The largest absolute Gasteiger partial charge is 0.282 e. The van der Waals surface area contributed by atoms with E-state index in [1.807, 2.05) is 18.2 Å². The molecule has 0 amide bonds. The fraction of sp³-hybridized carbons (Fsp3) is 0. The highest BCUT2D eigenvalue weighted by atomic mass is 32.1. The van der Waals surface area contributed by atoms with E-state index in [0.29, 0.717) is 11.3 Å². The minimum absolute atomic E-state index is 0.269. The van der Waals surface area contributed by atoms with Crippen molar-refractivity contribution in [2.24, 2.45) is 0 Å². The minimum atomic E-state index is -0.269. The number of carbonyl (C=O) groups is 1. The predicted molar refractivity (Wildman–Crippen MR) is 60.8 cm³/mol. The van der Waals surface area contributed by atoms with Crippen LogP contribution in [0.4, 0.5) is 0 Å². The van der Waals surface area contributed by atoms with Gasteiger partial charge in [-0.2, -0.15) is 0 Å². The average molecular weight is 216 g/mol. The number of rotatable bonds is 2. The van der Waals surface area contributed by atoms with Crippen molar-refractivity contribution in [2.45, 2.75) is 0 Å². The standard InChI is InChI=1S/C11H8N2OS/c14-11(15)8-4-6-13-10(7-8)9-3-1-2-5-12-9/h1-7H,(H,14,15). The lowest BCUT2D eigenvalue weighted by Crippen LogP contribution is -1.92. The molecule has 0 bridgehead atoms. The summed E-state index contributed by atoms with van der Waals surface area (Å²) >= 11 is 3.76. The van der Waals surface area contributed by atoms with Crippen LogP contribution in [0.5, 0.6) is 0 Å². The molecule has 2 heterocycles. The summed E-state index contributed by atoms with van der Waals surface area (Å²) in [5, 5.41) is -0.269. The first kappa shape index (κ1) is 9.86. The van der Waals surface area contributed by atoms with Crippen molar-refractivity contribution in [2.75, 3.05) is 0 Å². The fourth-order valence-electron chi connectivity index (χ4n) is 1.22. The number of aromatic nitrogens is 2. The Morgan fingerprint density at radius 3 is 2.53 bits per heavy atom. The zero-order valence-electron chi connectivity index (χ0n) is 7.79. The molecule has 0 aliphatic carbocycles. The lowest BCUT2D eigenvalue weighted by molar-refractivity contribution is 0.109. The average Bonchev–Trinajstić information content (AvgIpc) is 2.30. The van der Waals surface area contributed by atoms with Crippen LogP contribution in [-0.4, -0.2) is 15.1 Å². The molecule has 4 heteroatoms. The lowest BCUT2D eigenvalue weighted by Gasteiger charge is -2.00. The maximum Gasteiger partial charge on any atom is 0.216 e. The zero-order valence-corrected chi connectivity index (χ0v) is 8.69. The molecule has 0 saturated carbocycles. The van der Waals surface area contributed by atoms with E-state index in [9.17, 15) is 4.79 Å². The Labute approximate surface area is 92.6 Å². The van der Waals surface area contributed by atoms with Crippen LogP contribution in [-0.2, 0) is 0 Å². The summed E-state index contributed by atoms with van der Waals surface area (Å²) in [6, 6.07) is 8.85. The second-order valence-electron chi connectivity index (χ2n) is 2.95. The molecule has 0 saturated heterocycles. The van der Waals surface area contributed by atoms with E-state index in [1.165, 1.54) is 0 Å². The smallest absolute Gasteiger partial charge is 0.216 e. The molecule has 2 rings (SSSR count). The Morgan fingerprint density at radius 2 is 1.87 bits per heavy atom. The van der Waals surface area contributed by atoms with Gasteiger partial charge in [0, 0.05) is 18.0 Å². The van der Waals surface area contributed by atoms with Crippen molar-refractivity contribution in [3.63, 3.8) is 0 Å². The van der Waals surface area contributed by atoms with E-state index in [2.05, 4.69) is 22.6 Å². The van der Waals surface area contributed by atoms with E-state index in [0.717, 1.165) is 5.69 Å². The van der Waals surface area contributed by atoms with Gasteiger partial charge in [0.15, 0.2) is 0 Å². The molecule has 0 fully saturated rings. The van der Waals surface area contributed by atoms with Crippen LogP contribution >= 0.6 is 12.6 Å². The number of thiol groups is 1. The van der Waals surface area contributed by atoms with Crippen molar-refractivity contribution in [1.82, 2.24) is 9.97 Å². The van der Waals surface area contributed by atoms with Gasteiger partial charge in [0.25, 0.3) is 0 Å². The molecule has 74 valence electrons. The molecule has 2 aromatic heterocycles. The second-order valence-corrected chi connectivity index (χ2v) is 3.36. The first-order chi connectivity index (χ1) is 7.27. The molecule has 0 radical (unpaired) electrons. The van der Waals surface area contributed by atoms with Gasteiger partial charge in [0.2, 0.25) is 5.12 Å². The zero-order chi connectivity index (χ0) is 10.7. The van der Waals surface area contributed by atoms with E-state index < -0.39 is 0 Å². The van der Waals surface area contributed by atoms with Crippen LogP contribution in [0.25, 0.3) is 11.4 Å². The highest BCUT2D eigenvalue weighted by Gasteiger charge is 2.04. The summed E-state index contributed by atoms with van der Waals surface area (Å²) in [7, 11) is 0. The molecule has 15 heavy (non-hydrogen) atoms. The molecule has 0 aromatic carbocycles. The van der Waals surface area contributed by atoms with Crippen molar-refractivity contribution in [3.8, 4) is 11.4 Å². The second kappa shape index (κ2) is 4.23. The molecule has 0 N–H and O–H groups in total. The first-order valence-electron chi connectivity index (χ1n) is 4.38. The van der Waals surface area contributed by atoms with Gasteiger partial charge in [0.05, 0.1) is 11.4 Å². The number of carbonyl (C=O) groups excluding carboxylic acids is 1. The van der Waals surface area contributed by atoms with Gasteiger partial charge >= 0.3 is 0 Å². The minimum Gasteiger partial charge on any atom is -0.282 e. The number of hydrogen-bond acceptors (Lipinski definition) is 3. The third kappa shape index (κ3) is 2.22. The van der Waals surface area contributed by atoms with Gasteiger partial charge in [-0.3, -0.25) is 14.8 Å². The van der Waals surface area contributed by atoms with Crippen LogP contribution in [0.2, 0.25) is 0 Å². The molecule has 0 atom stereocenters. The molecule has 3 nitrogen and oxygen atoms in total. The SMILES string of the molecule is O=C(S)c1ccnc(-c2ccccn2)c1. The van der Waals surface area contributed by atoms with E-state index in [1.54, 1.807) is 24.5 Å². The molecular weight excluding hydrogens is 208 g/mol. The van der Waals surface area contributed by atoms with E-state index >= 15 is 0 Å². The summed E-state index contributed by atoms with van der Waals surface area (Å²) < 4.78 is 0. The van der Waals surface area contributed by atoms with Crippen LogP contribution in [0.1, 0.15) is 10.4 Å². The van der Waals surface area contributed by atoms with Gasteiger partial charge in [-0.15, -0.1) is 12.6 Å². The quantitative estimate of drug-likeness (QED) is 0.783. The van der Waals surface area contributed by atoms with Gasteiger partial charge in [0.1, 0.15) is 0 Å². The van der Waals surface area contributed by atoms with Crippen LogP contribution in [0.3, 0.4) is 0 Å². The van der Waals surface area contributed by atoms with Crippen molar-refractivity contribution >= 4 is 17.7 Å². The number of pyridine rings is 2. The molecule has 0 aliphatic rings. The maximum absolute atomic E-state index is 11.0. The lowest BCUT2D eigenvalue weighted by atomic mass is 10.2. The summed E-state index contributed by atoms with van der Waals surface area (Å²) in [5.74, 6) is 0. The topological polar surface area (TPSA) is 42.9 Å². The number of hydrogen-bond donors (Lipinski definition) is 1. The molecule has 0 spiro atoms. The van der Waals surface area contributed by atoms with Crippen molar-refractivity contribution < 1.29 is 4.79 Å². The molecule has 0 unspecified atom stereocenters. The van der Waals surface area contributed by atoms with Gasteiger partial charge < -0.3 is 0 Å². The van der Waals surface area contributed by atoms with E-state index in [4.69, 9.17) is 0 Å². The van der Waals surface area contributed by atoms with Gasteiger partial charge in [-0.05, 0) is 24.3 Å². The third-order valence-electron chi connectivity index (χ3n) is 1.93. The summed E-state index contributed by atoms with van der Waals surface area (Å²) in [6.07, 6.45) is 3.26. The Kier molecular flexibility index (Phi) is 2.78. The molecular formula is C11H8N2OS. The summed E-state index contributed by atoms with van der Waals surface area (Å²) in [6.45, 7) is 0. The Hall–Kier alpha value is -1.68. The van der Waals surface area contributed by atoms with Gasteiger partial charge in [-0.1, -0.05) is 6.07 Å². The Balaban J connectivity index is 2.46. The van der Waals surface area contributed by atoms with Crippen molar-refractivity contribution in [1.29, 1.82) is 0 Å². The van der Waals surface area contributed by atoms with Crippen molar-refractivity contribution in [3.05, 3.63) is 48.3 Å². The first-order valence-corrected chi connectivity index (χ1v) is 4.83. The van der Waals surface area contributed by atoms with Crippen LogP contribution in [0, 0.1) is 0 Å². The van der Waals surface area contributed by atoms with Crippen LogP contribution in [0.15, 0.2) is 42.7 Å². The Morgan fingerprint density at radius 1 is 1.07 bits per heavy atom. The normalized spacial score (nSPS) is 9.93. The third-order valence-corrected chi connectivity index (χ3v) is 2.19. The molecule has 2 aromatic rings. The predicted octanol–water partition coefficient (Wildman–Crippen LogP) is 2.21. The summed E-state index contributed by atoms with van der Waals surface area (Å²) in [5.41, 5.74) is 1.94. The maximum atomic E-state index is 11.0. The van der Waals surface area contributed by atoms with Gasteiger partial charge in [-0.25, -0.2) is 0 Å². The van der Waals surface area contributed by atoms with E-state index in [-0.39, 0.29) is 5.12 Å². The highest BCUT2D eigenvalue weighted by Crippen LogP contribution is 2.15. The monoisotopic (exact) mass is 216 g/mol. The Bertz CT molecular complexity index is 485.